The number of hydrogen-bond donors (Lipinski definition) is 0. The fourth-order valence-electron chi connectivity index (χ4n) is 3.96. The maximum atomic E-state index is 12.4. The zero-order chi connectivity index (χ0) is 19.9. The molecule has 2 fully saturated rings. The van der Waals surface area contributed by atoms with E-state index in [1.165, 1.54) is 0 Å². The van der Waals surface area contributed by atoms with Crippen molar-refractivity contribution < 1.29 is 14.3 Å². The quantitative estimate of drug-likeness (QED) is 0.669. The zero-order valence-electron chi connectivity index (χ0n) is 16.8. The second-order valence-corrected chi connectivity index (χ2v) is 7.38. The first-order valence-electron chi connectivity index (χ1n) is 10.1. The molecule has 0 radical (unpaired) electrons. The van der Waals surface area contributed by atoms with Gasteiger partial charge < -0.3 is 14.4 Å². The second-order valence-electron chi connectivity index (χ2n) is 7.38. The van der Waals surface area contributed by atoms with Gasteiger partial charge in [-0.25, -0.2) is 0 Å². The minimum absolute atomic E-state index is 0.145. The topological polar surface area (TPSA) is 69.0 Å². The van der Waals surface area contributed by atoms with Crippen LogP contribution in [0.25, 0.3) is 0 Å². The number of morpholine rings is 2. The standard InChI is InChI=1S/C21H30N4O3/c1-3-25(4-2)21(26)16-24-14-19-12-23(13-20(15-24)28-19)9-10-27-18-7-5-17(11-22)6-8-18/h5-8,19-20H,3-4,9-10,12-16H2,1-2H3. The highest BCUT2D eigenvalue weighted by molar-refractivity contribution is 5.78. The van der Waals surface area contributed by atoms with Crippen molar-refractivity contribution in [1.29, 1.82) is 5.26 Å². The molecule has 152 valence electrons. The summed E-state index contributed by atoms with van der Waals surface area (Å²) < 4.78 is 11.9. The van der Waals surface area contributed by atoms with E-state index in [0.717, 1.165) is 51.6 Å². The van der Waals surface area contributed by atoms with Crippen LogP contribution < -0.4 is 4.74 Å². The van der Waals surface area contributed by atoms with E-state index in [1.807, 2.05) is 30.9 Å². The van der Waals surface area contributed by atoms with Gasteiger partial charge in [0.2, 0.25) is 5.91 Å². The van der Waals surface area contributed by atoms with Crippen molar-refractivity contribution in [2.24, 2.45) is 0 Å². The summed E-state index contributed by atoms with van der Waals surface area (Å²) in [5.74, 6) is 0.992. The Morgan fingerprint density at radius 3 is 2.32 bits per heavy atom. The van der Waals surface area contributed by atoms with Crippen LogP contribution in [0.2, 0.25) is 0 Å². The van der Waals surface area contributed by atoms with Crippen LogP contribution in [0.3, 0.4) is 0 Å². The molecule has 2 bridgehead atoms. The first kappa shape index (κ1) is 20.6. The number of hydrogen-bond acceptors (Lipinski definition) is 6. The summed E-state index contributed by atoms with van der Waals surface area (Å²) >= 11 is 0. The molecule has 2 unspecified atom stereocenters. The summed E-state index contributed by atoms with van der Waals surface area (Å²) in [6.07, 6.45) is 0.291. The minimum atomic E-state index is 0.145. The van der Waals surface area contributed by atoms with E-state index in [4.69, 9.17) is 14.7 Å². The van der Waals surface area contributed by atoms with Crippen molar-refractivity contribution in [2.75, 3.05) is 59.0 Å². The Labute approximate surface area is 167 Å². The molecule has 7 nitrogen and oxygen atoms in total. The minimum Gasteiger partial charge on any atom is -0.492 e. The maximum Gasteiger partial charge on any atom is 0.236 e. The molecule has 2 aliphatic heterocycles. The van der Waals surface area contributed by atoms with Crippen molar-refractivity contribution in [1.82, 2.24) is 14.7 Å². The van der Waals surface area contributed by atoms with Crippen molar-refractivity contribution in [3.63, 3.8) is 0 Å². The lowest BCUT2D eigenvalue weighted by molar-refractivity contribution is -0.149. The number of ether oxygens (including phenoxy) is 2. The summed E-state index contributed by atoms with van der Waals surface area (Å²) in [6.45, 7) is 10.8. The average molecular weight is 386 g/mol. The van der Waals surface area contributed by atoms with Crippen molar-refractivity contribution >= 4 is 5.91 Å². The molecule has 7 heteroatoms. The van der Waals surface area contributed by atoms with Crippen molar-refractivity contribution in [2.45, 2.75) is 26.1 Å². The molecule has 1 amide bonds. The molecule has 28 heavy (non-hydrogen) atoms. The second kappa shape index (κ2) is 9.87. The molecule has 0 aliphatic carbocycles. The van der Waals surface area contributed by atoms with Crippen LogP contribution in [0.4, 0.5) is 0 Å². The van der Waals surface area contributed by atoms with Gasteiger partial charge in [-0.05, 0) is 38.1 Å². The molecular formula is C21H30N4O3. The van der Waals surface area contributed by atoms with Gasteiger partial charge in [-0.15, -0.1) is 0 Å². The van der Waals surface area contributed by atoms with Gasteiger partial charge in [0, 0.05) is 45.8 Å². The van der Waals surface area contributed by atoms with E-state index < -0.39 is 0 Å². The predicted octanol–water partition coefficient (Wildman–Crippen LogP) is 1.19. The third-order valence-corrected chi connectivity index (χ3v) is 5.37. The molecule has 2 saturated heterocycles. The van der Waals surface area contributed by atoms with Crippen LogP contribution >= 0.6 is 0 Å². The number of likely N-dealkylation sites (N-methyl/N-ethyl adjacent to an activating group) is 1. The molecule has 0 aromatic heterocycles. The Hall–Kier alpha value is -2.14. The van der Waals surface area contributed by atoms with Gasteiger partial charge in [-0.2, -0.15) is 5.26 Å². The lowest BCUT2D eigenvalue weighted by Crippen LogP contribution is -2.61. The fourth-order valence-corrected chi connectivity index (χ4v) is 3.96. The largest absolute Gasteiger partial charge is 0.492 e. The molecule has 0 N–H and O–H groups in total. The summed E-state index contributed by atoms with van der Waals surface area (Å²) in [5, 5.41) is 8.84. The van der Waals surface area contributed by atoms with Gasteiger partial charge in [-0.1, -0.05) is 0 Å². The predicted molar refractivity (Wildman–Crippen MR) is 106 cm³/mol. The average Bonchev–Trinajstić information content (AvgIpc) is 2.69. The molecule has 2 atom stereocenters. The molecule has 1 aromatic carbocycles. The third kappa shape index (κ3) is 5.44. The molecule has 0 spiro atoms. The van der Waals surface area contributed by atoms with Crippen LogP contribution in [0.1, 0.15) is 19.4 Å². The van der Waals surface area contributed by atoms with Gasteiger partial charge >= 0.3 is 0 Å². The lowest BCUT2D eigenvalue weighted by atomic mass is 10.1. The van der Waals surface area contributed by atoms with Gasteiger partial charge in [0.25, 0.3) is 0 Å². The highest BCUT2D eigenvalue weighted by atomic mass is 16.5. The first-order valence-corrected chi connectivity index (χ1v) is 10.1. The molecule has 3 rings (SSSR count). The van der Waals surface area contributed by atoms with E-state index in [0.29, 0.717) is 18.7 Å². The van der Waals surface area contributed by atoms with E-state index in [2.05, 4.69) is 15.9 Å². The Kier molecular flexibility index (Phi) is 7.26. The molecule has 2 heterocycles. The molecule has 1 aromatic rings. The van der Waals surface area contributed by atoms with E-state index >= 15 is 0 Å². The van der Waals surface area contributed by atoms with E-state index in [1.54, 1.807) is 12.1 Å². The maximum absolute atomic E-state index is 12.4. The van der Waals surface area contributed by atoms with Crippen LogP contribution in [0.5, 0.6) is 5.75 Å². The van der Waals surface area contributed by atoms with Crippen LogP contribution in [-0.4, -0.2) is 91.8 Å². The van der Waals surface area contributed by atoms with Crippen LogP contribution in [-0.2, 0) is 9.53 Å². The van der Waals surface area contributed by atoms with Gasteiger partial charge in [-0.3, -0.25) is 14.6 Å². The van der Waals surface area contributed by atoms with Crippen molar-refractivity contribution in [3.8, 4) is 11.8 Å². The van der Waals surface area contributed by atoms with Gasteiger partial charge in [0.1, 0.15) is 12.4 Å². The summed E-state index contributed by atoms with van der Waals surface area (Å²) in [7, 11) is 0. The monoisotopic (exact) mass is 386 g/mol. The Morgan fingerprint density at radius 1 is 1.14 bits per heavy atom. The van der Waals surface area contributed by atoms with Crippen LogP contribution in [0.15, 0.2) is 24.3 Å². The first-order chi connectivity index (χ1) is 13.6. The third-order valence-electron chi connectivity index (χ3n) is 5.37. The highest BCUT2D eigenvalue weighted by Gasteiger charge is 2.35. The van der Waals surface area contributed by atoms with E-state index in [9.17, 15) is 4.79 Å². The number of rotatable bonds is 8. The lowest BCUT2D eigenvalue weighted by Gasteiger charge is -2.45. The Balaban J connectivity index is 1.42. The molecule has 2 aliphatic rings. The number of fused-ring (bicyclic) bond motifs is 2. The van der Waals surface area contributed by atoms with E-state index in [-0.39, 0.29) is 18.1 Å². The number of benzene rings is 1. The van der Waals surface area contributed by atoms with Crippen molar-refractivity contribution in [3.05, 3.63) is 29.8 Å². The normalized spacial score (nSPS) is 22.5. The summed E-state index contributed by atoms with van der Waals surface area (Å²) in [6, 6.07) is 9.30. The van der Waals surface area contributed by atoms with Gasteiger partial charge in [0.15, 0.2) is 0 Å². The number of amides is 1. The molecular weight excluding hydrogens is 356 g/mol. The Bertz CT molecular complexity index is 670. The molecule has 0 saturated carbocycles. The highest BCUT2D eigenvalue weighted by Crippen LogP contribution is 2.19. The number of carbonyl (C=O) groups excluding carboxylic acids is 1. The SMILES string of the molecule is CCN(CC)C(=O)CN1CC2CN(CCOc3ccc(C#N)cc3)CC(C1)O2. The number of nitriles is 1. The van der Waals surface area contributed by atoms with Crippen LogP contribution in [0, 0.1) is 11.3 Å². The summed E-state index contributed by atoms with van der Waals surface area (Å²) in [4.78, 5) is 18.9. The summed E-state index contributed by atoms with van der Waals surface area (Å²) in [5.41, 5.74) is 0.636. The Morgan fingerprint density at radius 2 is 1.75 bits per heavy atom. The zero-order valence-corrected chi connectivity index (χ0v) is 16.8. The van der Waals surface area contributed by atoms with Gasteiger partial charge in [0.05, 0.1) is 30.4 Å². The fraction of sp³-hybridized carbons (Fsp3) is 0.619. The number of nitrogens with zero attached hydrogens (tertiary/aromatic N) is 4. The number of carbonyl (C=O) groups is 1. The smallest absolute Gasteiger partial charge is 0.236 e.